The van der Waals surface area contributed by atoms with Crippen molar-refractivity contribution in [1.29, 1.82) is 0 Å². The Hall–Kier alpha value is -2.34. The van der Waals surface area contributed by atoms with Crippen molar-refractivity contribution in [2.45, 2.75) is 20.0 Å². The number of hydrogen-bond acceptors (Lipinski definition) is 3. The van der Waals surface area contributed by atoms with Crippen molar-refractivity contribution in [3.8, 4) is 0 Å². The number of carbonyl (C=O) groups is 1. The SMILES string of the molecule is CCNC(=O)c1ccc(CNC(=NC)NCc2ccsc2)cc1. The number of amides is 1. The minimum Gasteiger partial charge on any atom is -0.352 e. The molecule has 122 valence electrons. The highest BCUT2D eigenvalue weighted by Crippen LogP contribution is 2.06. The maximum Gasteiger partial charge on any atom is 0.251 e. The van der Waals surface area contributed by atoms with E-state index in [1.54, 1.807) is 18.4 Å². The Balaban J connectivity index is 1.82. The van der Waals surface area contributed by atoms with E-state index in [2.05, 4.69) is 37.8 Å². The van der Waals surface area contributed by atoms with Crippen LogP contribution in [-0.2, 0) is 13.1 Å². The smallest absolute Gasteiger partial charge is 0.251 e. The van der Waals surface area contributed by atoms with Crippen LogP contribution in [0.5, 0.6) is 0 Å². The molecule has 0 bridgehead atoms. The summed E-state index contributed by atoms with van der Waals surface area (Å²) in [5, 5.41) is 13.5. The van der Waals surface area contributed by atoms with Crippen LogP contribution in [0.4, 0.5) is 0 Å². The molecule has 5 nitrogen and oxygen atoms in total. The minimum atomic E-state index is -0.0414. The second-order valence-corrected chi connectivity index (χ2v) is 5.75. The highest BCUT2D eigenvalue weighted by molar-refractivity contribution is 7.07. The van der Waals surface area contributed by atoms with Crippen molar-refractivity contribution in [2.75, 3.05) is 13.6 Å². The van der Waals surface area contributed by atoms with Crippen LogP contribution in [0, 0.1) is 0 Å². The van der Waals surface area contributed by atoms with Gasteiger partial charge in [-0.05, 0) is 47.0 Å². The van der Waals surface area contributed by atoms with E-state index in [9.17, 15) is 4.79 Å². The summed E-state index contributed by atoms with van der Waals surface area (Å²) >= 11 is 1.68. The molecule has 0 aliphatic heterocycles. The highest BCUT2D eigenvalue weighted by Gasteiger charge is 2.04. The average molecular weight is 330 g/mol. The van der Waals surface area contributed by atoms with Crippen LogP contribution in [0.15, 0.2) is 46.1 Å². The first-order valence-electron chi connectivity index (χ1n) is 7.55. The Bertz CT molecular complexity index is 635. The monoisotopic (exact) mass is 330 g/mol. The molecule has 0 unspecified atom stereocenters. The van der Waals surface area contributed by atoms with E-state index in [1.165, 1.54) is 5.56 Å². The second-order valence-electron chi connectivity index (χ2n) is 4.97. The number of guanidine groups is 1. The summed E-state index contributed by atoms with van der Waals surface area (Å²) in [6, 6.07) is 9.66. The molecule has 23 heavy (non-hydrogen) atoms. The van der Waals surface area contributed by atoms with Gasteiger partial charge in [-0.25, -0.2) is 0 Å². The predicted octanol–water partition coefficient (Wildman–Crippen LogP) is 2.36. The Kier molecular flexibility index (Phi) is 6.62. The van der Waals surface area contributed by atoms with Crippen LogP contribution in [0.25, 0.3) is 0 Å². The van der Waals surface area contributed by atoms with Crippen molar-refractivity contribution in [3.05, 3.63) is 57.8 Å². The fourth-order valence-corrected chi connectivity index (χ4v) is 2.69. The van der Waals surface area contributed by atoms with E-state index in [1.807, 2.05) is 31.2 Å². The van der Waals surface area contributed by atoms with Gasteiger partial charge in [0.05, 0.1) is 0 Å². The largest absolute Gasteiger partial charge is 0.352 e. The van der Waals surface area contributed by atoms with Crippen molar-refractivity contribution in [2.24, 2.45) is 4.99 Å². The van der Waals surface area contributed by atoms with Gasteiger partial charge in [-0.2, -0.15) is 11.3 Å². The quantitative estimate of drug-likeness (QED) is 0.563. The molecule has 1 aromatic carbocycles. The van der Waals surface area contributed by atoms with E-state index >= 15 is 0 Å². The molecule has 2 rings (SSSR count). The summed E-state index contributed by atoms with van der Waals surface area (Å²) in [5.74, 6) is 0.712. The van der Waals surface area contributed by atoms with E-state index < -0.39 is 0 Å². The number of nitrogens with one attached hydrogen (secondary N) is 3. The number of aliphatic imine (C=N–C) groups is 1. The summed E-state index contributed by atoms with van der Waals surface area (Å²) in [4.78, 5) is 15.9. The fourth-order valence-electron chi connectivity index (χ4n) is 2.02. The molecule has 0 aliphatic carbocycles. The van der Waals surface area contributed by atoms with Gasteiger partial charge in [-0.3, -0.25) is 9.79 Å². The van der Waals surface area contributed by atoms with E-state index in [0.29, 0.717) is 18.7 Å². The fraction of sp³-hybridized carbons (Fsp3) is 0.294. The lowest BCUT2D eigenvalue weighted by atomic mass is 10.1. The lowest BCUT2D eigenvalue weighted by Crippen LogP contribution is -2.36. The van der Waals surface area contributed by atoms with Crippen LogP contribution in [-0.4, -0.2) is 25.5 Å². The van der Waals surface area contributed by atoms with Gasteiger partial charge in [0.1, 0.15) is 0 Å². The molecule has 0 atom stereocenters. The number of nitrogens with zero attached hydrogens (tertiary/aromatic N) is 1. The van der Waals surface area contributed by atoms with E-state index in [4.69, 9.17) is 0 Å². The van der Waals surface area contributed by atoms with Gasteiger partial charge in [0.15, 0.2) is 5.96 Å². The maximum absolute atomic E-state index is 11.7. The third-order valence-corrected chi connectivity index (χ3v) is 4.01. The molecular formula is C17H22N4OS. The molecule has 0 aliphatic rings. The van der Waals surface area contributed by atoms with Crippen LogP contribution >= 0.6 is 11.3 Å². The van der Waals surface area contributed by atoms with Gasteiger partial charge in [-0.15, -0.1) is 0 Å². The molecule has 1 aromatic heterocycles. The first kappa shape index (κ1) is 17.0. The predicted molar refractivity (Wildman–Crippen MR) is 95.8 cm³/mol. The third kappa shape index (κ3) is 5.41. The standard InChI is InChI=1S/C17H22N4OS/c1-3-19-16(22)15-6-4-13(5-7-15)10-20-17(18-2)21-11-14-8-9-23-12-14/h4-9,12H,3,10-11H2,1-2H3,(H,19,22)(H2,18,20,21). The zero-order valence-electron chi connectivity index (χ0n) is 13.4. The Labute approximate surface area is 140 Å². The summed E-state index contributed by atoms with van der Waals surface area (Å²) in [6.07, 6.45) is 0. The number of benzene rings is 1. The molecule has 6 heteroatoms. The van der Waals surface area contributed by atoms with Crippen molar-refractivity contribution in [3.63, 3.8) is 0 Å². The molecule has 1 amide bonds. The second kappa shape index (κ2) is 8.95. The van der Waals surface area contributed by atoms with Crippen molar-refractivity contribution >= 4 is 23.2 Å². The van der Waals surface area contributed by atoms with Crippen LogP contribution < -0.4 is 16.0 Å². The van der Waals surface area contributed by atoms with E-state index in [-0.39, 0.29) is 5.91 Å². The minimum absolute atomic E-state index is 0.0414. The normalized spacial score (nSPS) is 11.1. The molecule has 3 N–H and O–H groups in total. The van der Waals surface area contributed by atoms with Gasteiger partial charge < -0.3 is 16.0 Å². The molecule has 2 aromatic rings. The maximum atomic E-state index is 11.7. The number of carbonyl (C=O) groups excluding carboxylic acids is 1. The number of rotatable bonds is 6. The summed E-state index contributed by atoms with van der Waals surface area (Å²) in [6.45, 7) is 3.94. The lowest BCUT2D eigenvalue weighted by Gasteiger charge is -2.11. The third-order valence-electron chi connectivity index (χ3n) is 3.28. The Morgan fingerprint density at radius 1 is 1.04 bits per heavy atom. The van der Waals surface area contributed by atoms with Crippen molar-refractivity contribution in [1.82, 2.24) is 16.0 Å². The first-order valence-corrected chi connectivity index (χ1v) is 8.50. The molecule has 0 saturated carbocycles. The van der Waals surface area contributed by atoms with Gasteiger partial charge in [0.2, 0.25) is 0 Å². The topological polar surface area (TPSA) is 65.5 Å². The summed E-state index contributed by atoms with van der Waals surface area (Å²) in [5.41, 5.74) is 3.01. The Morgan fingerprint density at radius 3 is 2.30 bits per heavy atom. The summed E-state index contributed by atoms with van der Waals surface area (Å²) < 4.78 is 0. The van der Waals surface area contributed by atoms with Crippen LogP contribution in [0.1, 0.15) is 28.4 Å². The zero-order valence-corrected chi connectivity index (χ0v) is 14.2. The van der Waals surface area contributed by atoms with Crippen molar-refractivity contribution < 1.29 is 4.79 Å². The number of thiophene rings is 1. The molecule has 0 spiro atoms. The van der Waals surface area contributed by atoms with Gasteiger partial charge >= 0.3 is 0 Å². The molecule has 0 saturated heterocycles. The van der Waals surface area contributed by atoms with Crippen LogP contribution in [0.3, 0.4) is 0 Å². The first-order chi connectivity index (χ1) is 11.2. The zero-order chi connectivity index (χ0) is 16.5. The van der Waals surface area contributed by atoms with Gasteiger partial charge in [0.25, 0.3) is 5.91 Å². The average Bonchev–Trinajstić information content (AvgIpc) is 3.09. The van der Waals surface area contributed by atoms with Gasteiger partial charge in [-0.1, -0.05) is 12.1 Å². The molecular weight excluding hydrogens is 308 g/mol. The molecule has 1 heterocycles. The lowest BCUT2D eigenvalue weighted by molar-refractivity contribution is 0.0956. The molecule has 0 fully saturated rings. The van der Waals surface area contributed by atoms with Gasteiger partial charge in [0, 0.05) is 32.2 Å². The molecule has 0 radical (unpaired) electrons. The van der Waals surface area contributed by atoms with Crippen LogP contribution in [0.2, 0.25) is 0 Å². The Morgan fingerprint density at radius 2 is 1.74 bits per heavy atom. The summed E-state index contributed by atoms with van der Waals surface area (Å²) in [7, 11) is 1.75. The number of hydrogen-bond donors (Lipinski definition) is 3. The van der Waals surface area contributed by atoms with E-state index in [0.717, 1.165) is 18.1 Å². The highest BCUT2D eigenvalue weighted by atomic mass is 32.1.